The maximum atomic E-state index is 13.4. The summed E-state index contributed by atoms with van der Waals surface area (Å²) in [6.07, 6.45) is 2.79. The minimum absolute atomic E-state index is 0.0266. The van der Waals surface area contributed by atoms with Gasteiger partial charge < -0.3 is 11.1 Å². The van der Waals surface area contributed by atoms with Gasteiger partial charge in [0.15, 0.2) is 5.82 Å². The van der Waals surface area contributed by atoms with Crippen LogP contribution < -0.4 is 16.6 Å². The summed E-state index contributed by atoms with van der Waals surface area (Å²) in [6, 6.07) is 8.32. The number of halogens is 2. The molecule has 0 aliphatic rings. The van der Waals surface area contributed by atoms with Crippen LogP contribution in [0.2, 0.25) is 5.02 Å². The molecule has 0 aliphatic carbocycles. The fourth-order valence-electron chi connectivity index (χ4n) is 3.06. The molecule has 0 aliphatic heterocycles. The van der Waals surface area contributed by atoms with E-state index in [1.54, 1.807) is 19.2 Å². The number of aromatic nitrogens is 5. The number of benzene rings is 1. The molecule has 1 atom stereocenters. The van der Waals surface area contributed by atoms with E-state index in [0.717, 1.165) is 0 Å². The number of nitrogens with one attached hydrogen (secondary N) is 1. The van der Waals surface area contributed by atoms with Gasteiger partial charge in [0.2, 0.25) is 0 Å². The number of nitrogens with zero attached hydrogens (tertiary/aromatic N) is 6. The fraction of sp³-hybridized carbons (Fsp3) is 0.105. The van der Waals surface area contributed by atoms with Crippen molar-refractivity contribution in [2.45, 2.75) is 13.0 Å². The molecule has 0 saturated heterocycles. The molecule has 3 aromatic heterocycles. The highest BCUT2D eigenvalue weighted by atomic mass is 35.5. The molecule has 3 heterocycles. The van der Waals surface area contributed by atoms with E-state index in [9.17, 15) is 14.4 Å². The SMILES string of the molecule is CC(Nc1ncnc(N)c1C#N)c1nn2ccc(Cl)c2c(=O)n1-c1ccc(F)cc1. The van der Waals surface area contributed by atoms with Gasteiger partial charge >= 0.3 is 0 Å². The van der Waals surface area contributed by atoms with Gasteiger partial charge in [0, 0.05) is 6.20 Å². The first-order valence-corrected chi connectivity index (χ1v) is 9.11. The molecular formula is C19H14ClFN8O. The minimum atomic E-state index is -0.602. The Balaban J connectivity index is 1.91. The van der Waals surface area contributed by atoms with Crippen LogP contribution in [-0.2, 0) is 0 Å². The number of fused-ring (bicyclic) bond motifs is 1. The average molecular weight is 425 g/mol. The molecule has 4 rings (SSSR count). The van der Waals surface area contributed by atoms with Crippen molar-refractivity contribution in [3.63, 3.8) is 0 Å². The first-order chi connectivity index (χ1) is 14.4. The van der Waals surface area contributed by atoms with Gasteiger partial charge in [-0.15, -0.1) is 0 Å². The number of hydrogen-bond donors (Lipinski definition) is 2. The lowest BCUT2D eigenvalue weighted by molar-refractivity contribution is 0.625. The fourth-order valence-corrected chi connectivity index (χ4v) is 3.28. The Morgan fingerprint density at radius 1 is 1.27 bits per heavy atom. The van der Waals surface area contributed by atoms with Crippen molar-refractivity contribution < 1.29 is 4.39 Å². The molecule has 0 fully saturated rings. The van der Waals surface area contributed by atoms with Crippen LogP contribution in [0, 0.1) is 17.1 Å². The lowest BCUT2D eigenvalue weighted by atomic mass is 10.2. The molecule has 11 heteroatoms. The molecule has 1 unspecified atom stereocenters. The van der Waals surface area contributed by atoms with Crippen molar-refractivity contribution in [3.8, 4) is 11.8 Å². The number of anilines is 2. The molecule has 30 heavy (non-hydrogen) atoms. The van der Waals surface area contributed by atoms with Crippen molar-refractivity contribution in [2.75, 3.05) is 11.1 Å². The summed E-state index contributed by atoms with van der Waals surface area (Å²) in [4.78, 5) is 21.1. The molecule has 0 saturated carbocycles. The van der Waals surface area contributed by atoms with Crippen LogP contribution in [0.3, 0.4) is 0 Å². The second-order valence-electron chi connectivity index (χ2n) is 6.39. The summed E-state index contributed by atoms with van der Waals surface area (Å²) in [5.74, 6) is 0.0682. The van der Waals surface area contributed by atoms with E-state index in [1.807, 2.05) is 6.07 Å². The zero-order valence-electron chi connectivity index (χ0n) is 15.5. The molecule has 0 bridgehead atoms. The molecule has 4 aromatic rings. The maximum Gasteiger partial charge on any atom is 0.284 e. The average Bonchev–Trinajstić information content (AvgIpc) is 3.10. The minimum Gasteiger partial charge on any atom is -0.382 e. The lowest BCUT2D eigenvalue weighted by Crippen LogP contribution is -2.29. The van der Waals surface area contributed by atoms with Crippen molar-refractivity contribution in [2.24, 2.45) is 0 Å². The molecule has 0 spiro atoms. The summed E-state index contributed by atoms with van der Waals surface area (Å²) in [7, 11) is 0. The zero-order chi connectivity index (χ0) is 21.4. The van der Waals surface area contributed by atoms with Crippen molar-refractivity contribution in [1.29, 1.82) is 5.26 Å². The van der Waals surface area contributed by atoms with E-state index in [-0.39, 0.29) is 33.6 Å². The van der Waals surface area contributed by atoms with Crippen molar-refractivity contribution in [1.82, 2.24) is 24.1 Å². The molecule has 1 aromatic carbocycles. The van der Waals surface area contributed by atoms with Gasteiger partial charge in [0.25, 0.3) is 5.56 Å². The smallest absolute Gasteiger partial charge is 0.284 e. The van der Waals surface area contributed by atoms with Crippen LogP contribution in [-0.4, -0.2) is 24.1 Å². The van der Waals surface area contributed by atoms with Gasteiger partial charge in [-0.3, -0.25) is 9.36 Å². The number of nitriles is 1. The highest BCUT2D eigenvalue weighted by molar-refractivity contribution is 6.33. The Kier molecular flexibility index (Phi) is 4.81. The third-order valence-corrected chi connectivity index (χ3v) is 4.78. The highest BCUT2D eigenvalue weighted by Gasteiger charge is 2.21. The van der Waals surface area contributed by atoms with E-state index in [2.05, 4.69) is 20.4 Å². The van der Waals surface area contributed by atoms with Crippen molar-refractivity contribution in [3.05, 3.63) is 75.4 Å². The Morgan fingerprint density at radius 3 is 2.70 bits per heavy atom. The second-order valence-corrected chi connectivity index (χ2v) is 6.80. The molecule has 150 valence electrons. The van der Waals surface area contributed by atoms with E-state index >= 15 is 0 Å². The molecule has 9 nitrogen and oxygen atoms in total. The van der Waals surface area contributed by atoms with Gasteiger partial charge in [0.05, 0.1) is 16.8 Å². The first-order valence-electron chi connectivity index (χ1n) is 8.73. The predicted octanol–water partition coefficient (Wildman–Crippen LogP) is 2.69. The third-order valence-electron chi connectivity index (χ3n) is 4.48. The number of nitrogen functional groups attached to an aromatic ring is 1. The second kappa shape index (κ2) is 7.46. The van der Waals surface area contributed by atoms with Crippen LogP contribution in [0.1, 0.15) is 24.4 Å². The Labute approximate surface area is 174 Å². The highest BCUT2D eigenvalue weighted by Crippen LogP contribution is 2.24. The van der Waals surface area contributed by atoms with Crippen LogP contribution in [0.4, 0.5) is 16.0 Å². The van der Waals surface area contributed by atoms with Crippen LogP contribution in [0.5, 0.6) is 0 Å². The largest absolute Gasteiger partial charge is 0.382 e. The topological polar surface area (TPSA) is 127 Å². The Morgan fingerprint density at radius 2 is 2.00 bits per heavy atom. The number of hydrogen-bond acceptors (Lipinski definition) is 7. The maximum absolute atomic E-state index is 13.4. The number of rotatable bonds is 4. The standard InChI is InChI=1S/C19H14ClFN8O/c1-10(26-17-13(8-22)16(23)24-9-25-17)18-27-28-7-6-14(20)15(28)19(30)29(18)12-4-2-11(21)3-5-12/h2-7,9-10H,1H3,(H3,23,24,25,26). The predicted molar refractivity (Wildman–Crippen MR) is 109 cm³/mol. The third kappa shape index (κ3) is 3.21. The van der Waals surface area contributed by atoms with Crippen LogP contribution in [0.15, 0.2) is 47.7 Å². The van der Waals surface area contributed by atoms with E-state index in [4.69, 9.17) is 17.3 Å². The van der Waals surface area contributed by atoms with Gasteiger partial charge in [-0.2, -0.15) is 10.4 Å². The van der Waals surface area contributed by atoms with Gasteiger partial charge in [-0.1, -0.05) is 11.6 Å². The van der Waals surface area contributed by atoms with E-state index < -0.39 is 17.4 Å². The summed E-state index contributed by atoms with van der Waals surface area (Å²) in [5.41, 5.74) is 5.97. The zero-order valence-corrected chi connectivity index (χ0v) is 16.3. The quantitative estimate of drug-likeness (QED) is 0.515. The first kappa shape index (κ1) is 19.4. The Bertz CT molecular complexity index is 1360. The van der Waals surface area contributed by atoms with Crippen LogP contribution >= 0.6 is 11.6 Å². The van der Waals surface area contributed by atoms with Crippen molar-refractivity contribution >= 4 is 28.8 Å². The van der Waals surface area contributed by atoms with E-state index in [0.29, 0.717) is 5.69 Å². The molecular weight excluding hydrogens is 411 g/mol. The normalized spacial score (nSPS) is 11.9. The molecule has 3 N–H and O–H groups in total. The van der Waals surface area contributed by atoms with Crippen LogP contribution in [0.25, 0.3) is 11.2 Å². The van der Waals surface area contributed by atoms with Gasteiger partial charge in [-0.05, 0) is 37.3 Å². The van der Waals surface area contributed by atoms with Gasteiger partial charge in [-0.25, -0.2) is 18.9 Å². The molecule has 0 amide bonds. The lowest BCUT2D eigenvalue weighted by Gasteiger charge is -2.20. The summed E-state index contributed by atoms with van der Waals surface area (Å²) < 4.78 is 16.1. The van der Waals surface area contributed by atoms with Gasteiger partial charge in [0.1, 0.15) is 40.9 Å². The molecule has 0 radical (unpaired) electrons. The summed E-state index contributed by atoms with van der Waals surface area (Å²) in [6.45, 7) is 1.73. The monoisotopic (exact) mass is 424 g/mol. The summed E-state index contributed by atoms with van der Waals surface area (Å²) >= 11 is 6.16. The summed E-state index contributed by atoms with van der Waals surface area (Å²) in [5, 5.41) is 17.1. The Hall–Kier alpha value is -3.97. The van der Waals surface area contributed by atoms with E-state index in [1.165, 1.54) is 39.7 Å². The number of nitrogens with two attached hydrogens (primary N) is 1.